The van der Waals surface area contributed by atoms with Gasteiger partial charge in [0.15, 0.2) is 10.3 Å². The second kappa shape index (κ2) is 5.65. The summed E-state index contributed by atoms with van der Waals surface area (Å²) in [5.74, 6) is 0.472. The Morgan fingerprint density at radius 2 is 1.72 bits per heavy atom. The van der Waals surface area contributed by atoms with Gasteiger partial charge in [0.25, 0.3) is 0 Å². The van der Waals surface area contributed by atoms with Crippen LogP contribution in [-0.4, -0.2) is 14.4 Å². The molecule has 1 aromatic heterocycles. The summed E-state index contributed by atoms with van der Waals surface area (Å²) in [6.45, 7) is 1.66. The van der Waals surface area contributed by atoms with Crippen molar-refractivity contribution < 1.29 is 8.39 Å². The van der Waals surface area contributed by atoms with Crippen LogP contribution in [0.1, 0.15) is 5.56 Å². The SMILES string of the molecule is Cc1c(Cl)nnc(Cl)c1S(=O)Oc1ccccc1. The van der Waals surface area contributed by atoms with Crippen molar-refractivity contribution >= 4 is 34.3 Å². The van der Waals surface area contributed by atoms with Crippen LogP contribution in [0, 0.1) is 6.92 Å². The van der Waals surface area contributed by atoms with Crippen LogP contribution in [-0.2, 0) is 11.1 Å². The van der Waals surface area contributed by atoms with Crippen LogP contribution in [0.15, 0.2) is 35.2 Å². The van der Waals surface area contributed by atoms with E-state index >= 15 is 0 Å². The molecule has 1 heterocycles. The molecule has 0 aliphatic carbocycles. The Bertz CT molecular complexity index is 593. The number of halogens is 2. The molecular formula is C11H8Cl2N2O2S. The third-order valence-corrected chi connectivity index (χ3v) is 4.06. The number of para-hydroxylation sites is 1. The van der Waals surface area contributed by atoms with E-state index in [1.165, 1.54) is 0 Å². The molecule has 0 saturated heterocycles. The Morgan fingerprint density at radius 1 is 1.11 bits per heavy atom. The number of hydrogen-bond acceptors (Lipinski definition) is 4. The lowest BCUT2D eigenvalue weighted by atomic mass is 10.3. The fourth-order valence-electron chi connectivity index (χ4n) is 1.26. The molecule has 2 rings (SSSR count). The molecule has 0 aliphatic rings. The predicted octanol–water partition coefficient (Wildman–Crippen LogP) is 3.19. The van der Waals surface area contributed by atoms with Crippen LogP contribution in [0.4, 0.5) is 0 Å². The monoisotopic (exact) mass is 302 g/mol. The fourth-order valence-corrected chi connectivity index (χ4v) is 2.71. The van der Waals surface area contributed by atoms with Gasteiger partial charge in [-0.25, -0.2) is 4.21 Å². The zero-order chi connectivity index (χ0) is 13.1. The smallest absolute Gasteiger partial charge is 0.244 e. The first-order valence-electron chi connectivity index (χ1n) is 4.93. The second-order valence-corrected chi connectivity index (χ2v) is 5.13. The highest BCUT2D eigenvalue weighted by molar-refractivity contribution is 7.80. The topological polar surface area (TPSA) is 52.1 Å². The second-order valence-electron chi connectivity index (χ2n) is 3.37. The van der Waals surface area contributed by atoms with Gasteiger partial charge in [-0.15, -0.1) is 10.2 Å². The Labute approximate surface area is 117 Å². The van der Waals surface area contributed by atoms with Gasteiger partial charge in [0.05, 0.1) is 0 Å². The molecule has 0 bridgehead atoms. The lowest BCUT2D eigenvalue weighted by Gasteiger charge is -2.08. The summed E-state index contributed by atoms with van der Waals surface area (Å²) in [6.07, 6.45) is 0. The van der Waals surface area contributed by atoms with Crippen LogP contribution < -0.4 is 4.18 Å². The number of aromatic nitrogens is 2. The summed E-state index contributed by atoms with van der Waals surface area (Å²) in [4.78, 5) is 0.237. The van der Waals surface area contributed by atoms with Gasteiger partial charge in [0, 0.05) is 5.56 Å². The van der Waals surface area contributed by atoms with Gasteiger partial charge >= 0.3 is 0 Å². The molecule has 7 heteroatoms. The minimum absolute atomic E-state index is 0.0196. The van der Waals surface area contributed by atoms with Gasteiger partial charge in [0.2, 0.25) is 11.1 Å². The molecule has 0 spiro atoms. The van der Waals surface area contributed by atoms with E-state index in [1.54, 1.807) is 31.2 Å². The van der Waals surface area contributed by atoms with Crippen LogP contribution in [0.2, 0.25) is 10.3 Å². The average molecular weight is 303 g/mol. The van der Waals surface area contributed by atoms with Gasteiger partial charge < -0.3 is 4.18 Å². The largest absolute Gasteiger partial charge is 0.397 e. The van der Waals surface area contributed by atoms with E-state index in [4.69, 9.17) is 27.4 Å². The zero-order valence-corrected chi connectivity index (χ0v) is 11.6. The number of nitrogens with zero attached hydrogens (tertiary/aromatic N) is 2. The van der Waals surface area contributed by atoms with Crippen molar-refractivity contribution in [2.45, 2.75) is 11.8 Å². The third kappa shape index (κ3) is 2.80. The van der Waals surface area contributed by atoms with Crippen molar-refractivity contribution in [2.24, 2.45) is 0 Å². The van der Waals surface area contributed by atoms with E-state index in [2.05, 4.69) is 10.2 Å². The van der Waals surface area contributed by atoms with E-state index in [0.717, 1.165) is 0 Å². The van der Waals surface area contributed by atoms with Crippen LogP contribution >= 0.6 is 23.2 Å². The molecule has 1 unspecified atom stereocenters. The maximum absolute atomic E-state index is 12.1. The molecule has 1 aromatic carbocycles. The summed E-state index contributed by atoms with van der Waals surface area (Å²) in [5, 5.41) is 7.41. The standard InChI is InChI=1S/C11H8Cl2N2O2S/c1-7-9(11(13)15-14-10(7)12)18(16)17-8-5-3-2-4-6-8/h2-6H,1H3. The van der Waals surface area contributed by atoms with Crippen molar-refractivity contribution in [1.29, 1.82) is 0 Å². The van der Waals surface area contributed by atoms with Crippen molar-refractivity contribution in [3.05, 3.63) is 46.2 Å². The molecule has 0 saturated carbocycles. The molecule has 94 valence electrons. The Kier molecular flexibility index (Phi) is 4.16. The molecule has 2 aromatic rings. The minimum Gasteiger partial charge on any atom is -0.397 e. The van der Waals surface area contributed by atoms with Crippen LogP contribution in [0.3, 0.4) is 0 Å². The average Bonchev–Trinajstić information content (AvgIpc) is 2.36. The van der Waals surface area contributed by atoms with E-state index < -0.39 is 11.1 Å². The van der Waals surface area contributed by atoms with Gasteiger partial charge in [-0.05, 0) is 19.1 Å². The highest BCUT2D eigenvalue weighted by Crippen LogP contribution is 2.26. The first kappa shape index (κ1) is 13.3. The van der Waals surface area contributed by atoms with Crippen molar-refractivity contribution in [3.63, 3.8) is 0 Å². The van der Waals surface area contributed by atoms with Gasteiger partial charge in [-0.1, -0.05) is 41.4 Å². The summed E-state index contributed by atoms with van der Waals surface area (Å²) < 4.78 is 17.4. The molecule has 0 fully saturated rings. The van der Waals surface area contributed by atoms with E-state index in [9.17, 15) is 4.21 Å². The molecule has 0 amide bonds. The van der Waals surface area contributed by atoms with Crippen molar-refractivity contribution in [2.75, 3.05) is 0 Å². The Balaban J connectivity index is 2.33. The quantitative estimate of drug-likeness (QED) is 0.874. The molecule has 0 N–H and O–H groups in total. The fraction of sp³-hybridized carbons (Fsp3) is 0.0909. The normalized spacial score (nSPS) is 12.2. The van der Waals surface area contributed by atoms with Gasteiger partial charge in [-0.2, -0.15) is 0 Å². The number of hydrogen-bond donors (Lipinski definition) is 0. The summed E-state index contributed by atoms with van der Waals surface area (Å²) >= 11 is 9.88. The Morgan fingerprint density at radius 3 is 2.39 bits per heavy atom. The molecule has 0 aliphatic heterocycles. The van der Waals surface area contributed by atoms with Crippen molar-refractivity contribution in [3.8, 4) is 5.75 Å². The Hall–Kier alpha value is -1.17. The number of rotatable bonds is 3. The maximum Gasteiger partial charge on any atom is 0.244 e. The lowest BCUT2D eigenvalue weighted by Crippen LogP contribution is -2.06. The molecule has 18 heavy (non-hydrogen) atoms. The van der Waals surface area contributed by atoms with E-state index in [0.29, 0.717) is 11.3 Å². The van der Waals surface area contributed by atoms with Crippen LogP contribution in [0.25, 0.3) is 0 Å². The predicted molar refractivity (Wildman–Crippen MR) is 70.3 cm³/mol. The molecule has 4 nitrogen and oxygen atoms in total. The molecule has 1 atom stereocenters. The first-order valence-corrected chi connectivity index (χ1v) is 6.76. The highest BCUT2D eigenvalue weighted by atomic mass is 35.5. The van der Waals surface area contributed by atoms with E-state index in [-0.39, 0.29) is 15.2 Å². The number of benzene rings is 1. The maximum atomic E-state index is 12.1. The van der Waals surface area contributed by atoms with Crippen LogP contribution in [0.5, 0.6) is 5.75 Å². The third-order valence-electron chi connectivity index (χ3n) is 2.14. The van der Waals surface area contributed by atoms with E-state index in [1.807, 2.05) is 6.07 Å². The van der Waals surface area contributed by atoms with Gasteiger partial charge in [0.1, 0.15) is 10.6 Å². The molecule has 0 radical (unpaired) electrons. The first-order chi connectivity index (χ1) is 8.59. The molecular weight excluding hydrogens is 295 g/mol. The van der Waals surface area contributed by atoms with Crippen molar-refractivity contribution in [1.82, 2.24) is 10.2 Å². The summed E-state index contributed by atoms with van der Waals surface area (Å²) in [7, 11) is 0. The zero-order valence-electron chi connectivity index (χ0n) is 9.26. The minimum atomic E-state index is -1.79. The lowest BCUT2D eigenvalue weighted by molar-refractivity contribution is 0.560. The highest BCUT2D eigenvalue weighted by Gasteiger charge is 2.18. The summed E-state index contributed by atoms with van der Waals surface area (Å²) in [6, 6.07) is 8.77. The van der Waals surface area contributed by atoms with Gasteiger partial charge in [-0.3, -0.25) is 0 Å². The summed E-state index contributed by atoms with van der Waals surface area (Å²) in [5.41, 5.74) is 0.492.